The highest BCUT2D eigenvalue weighted by atomic mass is 19.1. The second kappa shape index (κ2) is 9.18. The molecule has 6 nitrogen and oxygen atoms in total. The molecule has 2 aromatic carbocycles. The molecule has 0 aliphatic heterocycles. The monoisotopic (exact) mass is 439 g/mol. The number of rotatable bonds is 7. The third kappa shape index (κ3) is 4.44. The van der Waals surface area contributed by atoms with Crippen molar-refractivity contribution in [1.82, 2.24) is 25.1 Å². The summed E-state index contributed by atoms with van der Waals surface area (Å²) in [6.07, 6.45) is 4.38. The fourth-order valence-electron chi connectivity index (χ4n) is 3.86. The maximum absolute atomic E-state index is 14.0. The zero-order valence-corrected chi connectivity index (χ0v) is 17.8. The lowest BCUT2D eigenvalue weighted by Gasteiger charge is -2.06. The maximum atomic E-state index is 14.0. The van der Waals surface area contributed by atoms with Gasteiger partial charge in [-0.1, -0.05) is 30.3 Å². The van der Waals surface area contributed by atoms with Crippen molar-refractivity contribution in [2.75, 3.05) is 6.54 Å². The van der Waals surface area contributed by atoms with Gasteiger partial charge in [0.2, 0.25) is 0 Å². The lowest BCUT2D eigenvalue weighted by atomic mass is 10.1. The number of aromatic nitrogens is 4. The van der Waals surface area contributed by atoms with E-state index < -0.39 is 0 Å². The van der Waals surface area contributed by atoms with E-state index in [9.17, 15) is 9.18 Å². The standard InChI is InChI=1S/C26H22FN5O/c27-21-6-4-5-19(15-21)24-23-16-20(17-29-14-11-18-9-12-28-13-10-18)26(33)30-25(23)32(31-24)22-7-2-1-3-8-22/h1-10,12-13,15-16,29H,11,14,17H2,(H,30,33). The Morgan fingerprint density at radius 1 is 0.970 bits per heavy atom. The zero-order valence-electron chi connectivity index (χ0n) is 17.8. The average molecular weight is 439 g/mol. The van der Waals surface area contributed by atoms with Crippen LogP contribution in [0.4, 0.5) is 4.39 Å². The first kappa shape index (κ1) is 20.8. The molecule has 0 saturated carbocycles. The lowest BCUT2D eigenvalue weighted by molar-refractivity contribution is 0.628. The van der Waals surface area contributed by atoms with Crippen molar-refractivity contribution in [3.8, 4) is 16.9 Å². The molecule has 33 heavy (non-hydrogen) atoms. The number of para-hydroxylation sites is 1. The van der Waals surface area contributed by atoms with Crippen LogP contribution in [-0.2, 0) is 13.0 Å². The van der Waals surface area contributed by atoms with Gasteiger partial charge in [0, 0.05) is 35.5 Å². The van der Waals surface area contributed by atoms with Gasteiger partial charge in [0.15, 0.2) is 0 Å². The second-order valence-electron chi connectivity index (χ2n) is 7.77. The molecular weight excluding hydrogens is 417 g/mol. The van der Waals surface area contributed by atoms with Crippen LogP contribution in [0, 0.1) is 5.82 Å². The average Bonchev–Trinajstić information content (AvgIpc) is 3.21. The Bertz CT molecular complexity index is 1440. The molecule has 0 radical (unpaired) electrons. The van der Waals surface area contributed by atoms with E-state index in [0.717, 1.165) is 24.0 Å². The van der Waals surface area contributed by atoms with Gasteiger partial charge in [-0.05, 0) is 61.0 Å². The van der Waals surface area contributed by atoms with E-state index in [1.165, 1.54) is 17.7 Å². The zero-order chi connectivity index (χ0) is 22.6. The number of nitrogens with zero attached hydrogens (tertiary/aromatic N) is 3. The van der Waals surface area contributed by atoms with E-state index in [0.29, 0.717) is 29.0 Å². The Morgan fingerprint density at radius 3 is 2.58 bits per heavy atom. The summed E-state index contributed by atoms with van der Waals surface area (Å²) in [6, 6.07) is 21.7. The first-order chi connectivity index (χ1) is 16.2. The van der Waals surface area contributed by atoms with Crippen LogP contribution in [0.15, 0.2) is 90.0 Å². The molecule has 0 fully saturated rings. The molecule has 5 aromatic rings. The summed E-state index contributed by atoms with van der Waals surface area (Å²) in [4.78, 5) is 19.9. The van der Waals surface area contributed by atoms with Crippen LogP contribution in [0.3, 0.4) is 0 Å². The minimum absolute atomic E-state index is 0.179. The van der Waals surface area contributed by atoms with Crippen LogP contribution in [0.5, 0.6) is 0 Å². The van der Waals surface area contributed by atoms with E-state index in [2.05, 4.69) is 15.3 Å². The van der Waals surface area contributed by atoms with E-state index in [4.69, 9.17) is 5.10 Å². The Labute approximate surface area is 189 Å². The van der Waals surface area contributed by atoms with Crippen LogP contribution in [0.1, 0.15) is 11.1 Å². The smallest absolute Gasteiger partial charge is 0.254 e. The first-order valence-electron chi connectivity index (χ1n) is 10.7. The summed E-state index contributed by atoms with van der Waals surface area (Å²) < 4.78 is 15.7. The molecule has 2 N–H and O–H groups in total. The summed E-state index contributed by atoms with van der Waals surface area (Å²) in [5.41, 5.74) is 4.25. The van der Waals surface area contributed by atoms with Gasteiger partial charge in [0.05, 0.1) is 5.69 Å². The molecule has 0 amide bonds. The van der Waals surface area contributed by atoms with Gasteiger partial charge in [-0.15, -0.1) is 0 Å². The van der Waals surface area contributed by atoms with Gasteiger partial charge in [0.25, 0.3) is 5.56 Å². The molecule has 0 aliphatic rings. The predicted molar refractivity (Wildman–Crippen MR) is 127 cm³/mol. The number of pyridine rings is 2. The largest absolute Gasteiger partial charge is 0.312 e. The number of fused-ring (bicyclic) bond motifs is 1. The fourth-order valence-corrected chi connectivity index (χ4v) is 3.86. The van der Waals surface area contributed by atoms with Crippen molar-refractivity contribution >= 4 is 11.0 Å². The van der Waals surface area contributed by atoms with Crippen LogP contribution < -0.4 is 10.9 Å². The first-order valence-corrected chi connectivity index (χ1v) is 10.7. The quantitative estimate of drug-likeness (QED) is 0.372. The summed E-state index contributed by atoms with van der Waals surface area (Å²) in [5.74, 6) is -0.336. The Hall–Kier alpha value is -4.10. The number of aromatic amines is 1. The third-order valence-corrected chi connectivity index (χ3v) is 5.52. The lowest BCUT2D eigenvalue weighted by Crippen LogP contribution is -2.23. The Balaban J connectivity index is 1.51. The Morgan fingerprint density at radius 2 is 1.79 bits per heavy atom. The Kier molecular flexibility index (Phi) is 5.78. The molecular formula is C26H22FN5O. The van der Waals surface area contributed by atoms with E-state index in [1.54, 1.807) is 23.1 Å². The van der Waals surface area contributed by atoms with Crippen molar-refractivity contribution in [1.29, 1.82) is 0 Å². The van der Waals surface area contributed by atoms with Crippen LogP contribution >= 0.6 is 0 Å². The summed E-state index contributed by atoms with van der Waals surface area (Å²) in [7, 11) is 0. The molecule has 0 saturated heterocycles. The maximum Gasteiger partial charge on any atom is 0.254 e. The molecule has 7 heteroatoms. The topological polar surface area (TPSA) is 75.6 Å². The van der Waals surface area contributed by atoms with Gasteiger partial charge in [-0.25, -0.2) is 9.07 Å². The van der Waals surface area contributed by atoms with Gasteiger partial charge in [-0.2, -0.15) is 5.10 Å². The highest BCUT2D eigenvalue weighted by molar-refractivity contribution is 5.92. The molecule has 3 heterocycles. The normalized spacial score (nSPS) is 11.2. The van der Waals surface area contributed by atoms with Gasteiger partial charge in [0.1, 0.15) is 17.2 Å². The minimum Gasteiger partial charge on any atom is -0.312 e. The molecule has 0 unspecified atom stereocenters. The van der Waals surface area contributed by atoms with Crippen molar-refractivity contribution in [3.05, 3.63) is 112 Å². The number of nitrogens with one attached hydrogen (secondary N) is 2. The van der Waals surface area contributed by atoms with Gasteiger partial charge < -0.3 is 10.3 Å². The summed E-state index contributed by atoms with van der Waals surface area (Å²) >= 11 is 0. The van der Waals surface area contributed by atoms with Crippen molar-refractivity contribution in [2.24, 2.45) is 0 Å². The van der Waals surface area contributed by atoms with E-state index >= 15 is 0 Å². The number of benzene rings is 2. The molecule has 3 aromatic heterocycles. The van der Waals surface area contributed by atoms with Crippen molar-refractivity contribution in [3.63, 3.8) is 0 Å². The molecule has 0 bridgehead atoms. The summed E-state index contributed by atoms with van der Waals surface area (Å²) in [5, 5.41) is 8.84. The SMILES string of the molecule is O=c1[nH]c2c(cc1CNCCc1ccncc1)c(-c1cccc(F)c1)nn2-c1ccccc1. The number of halogens is 1. The highest BCUT2D eigenvalue weighted by Gasteiger charge is 2.17. The van der Waals surface area contributed by atoms with E-state index in [-0.39, 0.29) is 11.4 Å². The van der Waals surface area contributed by atoms with Crippen molar-refractivity contribution in [2.45, 2.75) is 13.0 Å². The number of hydrogen-bond donors (Lipinski definition) is 2. The molecule has 0 spiro atoms. The number of H-pyrrole nitrogens is 1. The minimum atomic E-state index is -0.336. The van der Waals surface area contributed by atoms with Crippen LogP contribution in [0.25, 0.3) is 28.0 Å². The third-order valence-electron chi connectivity index (χ3n) is 5.52. The second-order valence-corrected chi connectivity index (χ2v) is 7.77. The molecule has 0 aliphatic carbocycles. The molecule has 0 atom stereocenters. The van der Waals surface area contributed by atoms with Gasteiger partial charge >= 0.3 is 0 Å². The van der Waals surface area contributed by atoms with Crippen molar-refractivity contribution < 1.29 is 4.39 Å². The molecule has 5 rings (SSSR count). The predicted octanol–water partition coefficient (Wildman–Crippen LogP) is 4.25. The summed E-state index contributed by atoms with van der Waals surface area (Å²) in [6.45, 7) is 1.14. The molecule has 164 valence electrons. The van der Waals surface area contributed by atoms with Gasteiger partial charge in [-0.3, -0.25) is 9.78 Å². The number of hydrogen-bond acceptors (Lipinski definition) is 4. The van der Waals surface area contributed by atoms with Crippen LogP contribution in [-0.4, -0.2) is 26.3 Å². The van der Waals surface area contributed by atoms with Crippen LogP contribution in [0.2, 0.25) is 0 Å². The fraction of sp³-hybridized carbons (Fsp3) is 0.115. The van der Waals surface area contributed by atoms with E-state index in [1.807, 2.05) is 54.6 Å². The highest BCUT2D eigenvalue weighted by Crippen LogP contribution is 2.29.